The van der Waals surface area contributed by atoms with Gasteiger partial charge in [0.1, 0.15) is 0 Å². The van der Waals surface area contributed by atoms with Crippen LogP contribution in [-0.2, 0) is 11.3 Å². The molecule has 0 atom stereocenters. The van der Waals surface area contributed by atoms with Crippen molar-refractivity contribution in [2.24, 2.45) is 0 Å². The van der Waals surface area contributed by atoms with Crippen molar-refractivity contribution < 1.29 is 14.5 Å². The highest BCUT2D eigenvalue weighted by molar-refractivity contribution is 6.61. The number of carbonyl (C=O) groups excluding carboxylic acids is 1. The maximum absolute atomic E-state index is 11.6. The predicted molar refractivity (Wildman–Crippen MR) is 60.0 cm³/mol. The van der Waals surface area contributed by atoms with Crippen LogP contribution in [-0.4, -0.2) is 24.6 Å². The molecule has 0 aromatic heterocycles. The summed E-state index contributed by atoms with van der Waals surface area (Å²) in [6, 6.07) is 5.17. The van der Waals surface area contributed by atoms with Gasteiger partial charge in [0, 0.05) is 12.1 Å². The Bertz CT molecular complexity index is 411. The van der Waals surface area contributed by atoms with Crippen molar-refractivity contribution in [1.29, 1.82) is 0 Å². The molecular formula is C10H13BN2O3. The highest BCUT2D eigenvalue weighted by Gasteiger charge is 2.27. The summed E-state index contributed by atoms with van der Waals surface area (Å²) in [4.78, 5) is 11.6. The summed E-state index contributed by atoms with van der Waals surface area (Å²) in [6.45, 7) is 2.94. The monoisotopic (exact) mass is 220 g/mol. The van der Waals surface area contributed by atoms with Gasteiger partial charge in [0.2, 0.25) is 0 Å². The van der Waals surface area contributed by atoms with E-state index in [9.17, 15) is 9.82 Å². The molecule has 0 unspecified atom stereocenters. The molecule has 1 heterocycles. The van der Waals surface area contributed by atoms with E-state index in [-0.39, 0.29) is 5.91 Å². The van der Waals surface area contributed by atoms with Crippen molar-refractivity contribution in [2.75, 3.05) is 6.54 Å². The van der Waals surface area contributed by atoms with Crippen LogP contribution in [0.1, 0.15) is 22.8 Å². The molecule has 6 heteroatoms. The molecule has 0 saturated carbocycles. The Morgan fingerprint density at radius 3 is 3.19 bits per heavy atom. The zero-order valence-corrected chi connectivity index (χ0v) is 8.99. The number of fused-ring (bicyclic) bond motifs is 1. The van der Waals surface area contributed by atoms with Crippen LogP contribution in [0.4, 0.5) is 0 Å². The molecule has 0 fully saturated rings. The number of amides is 1. The van der Waals surface area contributed by atoms with Crippen LogP contribution in [0.3, 0.4) is 0 Å². The van der Waals surface area contributed by atoms with Gasteiger partial charge in [0.15, 0.2) is 0 Å². The fourth-order valence-corrected chi connectivity index (χ4v) is 1.60. The van der Waals surface area contributed by atoms with Crippen molar-refractivity contribution in [1.82, 2.24) is 10.9 Å². The maximum atomic E-state index is 11.6. The van der Waals surface area contributed by atoms with Crippen LogP contribution in [0.25, 0.3) is 0 Å². The van der Waals surface area contributed by atoms with Crippen LogP contribution in [0.15, 0.2) is 18.2 Å². The van der Waals surface area contributed by atoms with Gasteiger partial charge >= 0.3 is 7.12 Å². The third kappa shape index (κ3) is 2.09. The summed E-state index contributed by atoms with van der Waals surface area (Å²) < 4.78 is 5.05. The van der Waals surface area contributed by atoms with Gasteiger partial charge in [-0.1, -0.05) is 13.0 Å². The molecule has 2 rings (SSSR count). The lowest BCUT2D eigenvalue weighted by atomic mass is 9.79. The summed E-state index contributed by atoms with van der Waals surface area (Å²) in [5.74, 6) is -0.219. The minimum absolute atomic E-state index is 0.219. The number of rotatable bonds is 3. The largest absolute Gasteiger partial charge is 0.491 e. The molecule has 1 aliphatic rings. The van der Waals surface area contributed by atoms with Gasteiger partial charge in [-0.3, -0.25) is 10.2 Å². The lowest BCUT2D eigenvalue weighted by Gasteiger charge is -2.06. The molecule has 1 amide bonds. The Balaban J connectivity index is 2.17. The molecule has 1 aromatic carbocycles. The third-order valence-electron chi connectivity index (χ3n) is 2.45. The highest BCUT2D eigenvalue weighted by Crippen LogP contribution is 2.11. The van der Waals surface area contributed by atoms with Crippen LogP contribution in [0.2, 0.25) is 0 Å². The molecule has 0 saturated heterocycles. The molecule has 16 heavy (non-hydrogen) atoms. The topological polar surface area (TPSA) is 70.6 Å². The first-order valence-corrected chi connectivity index (χ1v) is 5.18. The van der Waals surface area contributed by atoms with E-state index < -0.39 is 7.12 Å². The SMILES string of the molecule is CCNNC(=O)c1ccc2c(c1)B(O)OC2. The van der Waals surface area contributed by atoms with Gasteiger partial charge in [-0.15, -0.1) is 0 Å². The first-order chi connectivity index (χ1) is 7.72. The quantitative estimate of drug-likeness (QED) is 0.458. The fraction of sp³-hybridized carbons (Fsp3) is 0.300. The first kappa shape index (κ1) is 11.1. The highest BCUT2D eigenvalue weighted by atomic mass is 16.5. The van der Waals surface area contributed by atoms with E-state index in [2.05, 4.69) is 10.9 Å². The zero-order valence-electron chi connectivity index (χ0n) is 8.99. The fourth-order valence-electron chi connectivity index (χ4n) is 1.60. The van der Waals surface area contributed by atoms with E-state index >= 15 is 0 Å². The number of carbonyl (C=O) groups is 1. The minimum atomic E-state index is -0.915. The molecule has 0 radical (unpaired) electrons. The molecule has 0 spiro atoms. The Morgan fingerprint density at radius 2 is 2.44 bits per heavy atom. The molecular weight excluding hydrogens is 207 g/mol. The van der Waals surface area contributed by atoms with Crippen LogP contribution in [0.5, 0.6) is 0 Å². The van der Waals surface area contributed by atoms with Crippen LogP contribution >= 0.6 is 0 Å². The number of hydrogen-bond acceptors (Lipinski definition) is 4. The van der Waals surface area contributed by atoms with Gasteiger partial charge in [0.05, 0.1) is 6.61 Å². The van der Waals surface area contributed by atoms with E-state index in [1.807, 2.05) is 6.92 Å². The van der Waals surface area contributed by atoms with Gasteiger partial charge in [-0.2, -0.15) is 0 Å². The lowest BCUT2D eigenvalue weighted by Crippen LogP contribution is -2.38. The molecule has 0 bridgehead atoms. The van der Waals surface area contributed by atoms with Crippen LogP contribution in [0, 0.1) is 0 Å². The third-order valence-corrected chi connectivity index (χ3v) is 2.45. The number of nitrogens with one attached hydrogen (secondary N) is 2. The summed E-state index contributed by atoms with van der Waals surface area (Å²) in [6.07, 6.45) is 0. The van der Waals surface area contributed by atoms with Crippen LogP contribution < -0.4 is 16.3 Å². The van der Waals surface area contributed by atoms with E-state index in [0.29, 0.717) is 24.2 Å². The molecule has 0 aliphatic carbocycles. The van der Waals surface area contributed by atoms with E-state index in [1.165, 1.54) is 0 Å². The molecule has 5 nitrogen and oxygen atoms in total. The summed E-state index contributed by atoms with van der Waals surface area (Å²) in [7, 11) is -0.915. The molecule has 84 valence electrons. The maximum Gasteiger partial charge on any atom is 0.491 e. The van der Waals surface area contributed by atoms with Gasteiger partial charge in [-0.25, -0.2) is 5.43 Å². The summed E-state index contributed by atoms with van der Waals surface area (Å²) >= 11 is 0. The van der Waals surface area contributed by atoms with E-state index in [0.717, 1.165) is 5.56 Å². The standard InChI is InChI=1S/C10H13BN2O3/c1-2-12-13-10(14)7-3-4-8-6-16-11(15)9(8)5-7/h3-5,12,15H,2,6H2,1H3,(H,13,14). The normalized spacial score (nSPS) is 13.8. The number of hydrogen-bond donors (Lipinski definition) is 3. The molecule has 1 aliphatic heterocycles. The first-order valence-electron chi connectivity index (χ1n) is 5.18. The number of hydrazine groups is 1. The Morgan fingerprint density at radius 1 is 1.62 bits per heavy atom. The Hall–Kier alpha value is -1.37. The second-order valence-corrected chi connectivity index (χ2v) is 3.56. The Labute approximate surface area is 93.9 Å². The molecule has 1 aromatic rings. The van der Waals surface area contributed by atoms with Crippen molar-refractivity contribution in [3.05, 3.63) is 29.3 Å². The minimum Gasteiger partial charge on any atom is -0.423 e. The average molecular weight is 220 g/mol. The van der Waals surface area contributed by atoms with Gasteiger partial charge in [-0.05, 0) is 23.2 Å². The Kier molecular flexibility index (Phi) is 3.23. The predicted octanol–water partition coefficient (Wildman–Crippen LogP) is -0.841. The summed E-state index contributed by atoms with van der Waals surface area (Å²) in [5.41, 5.74) is 7.37. The van der Waals surface area contributed by atoms with Crippen molar-refractivity contribution in [3.63, 3.8) is 0 Å². The smallest absolute Gasteiger partial charge is 0.423 e. The van der Waals surface area contributed by atoms with Gasteiger partial charge in [0.25, 0.3) is 5.91 Å². The lowest BCUT2D eigenvalue weighted by molar-refractivity contribution is 0.0934. The number of benzene rings is 1. The van der Waals surface area contributed by atoms with Crippen molar-refractivity contribution in [3.8, 4) is 0 Å². The van der Waals surface area contributed by atoms with E-state index in [4.69, 9.17) is 4.65 Å². The average Bonchev–Trinajstić information content (AvgIpc) is 2.67. The van der Waals surface area contributed by atoms with Crippen molar-refractivity contribution in [2.45, 2.75) is 13.5 Å². The van der Waals surface area contributed by atoms with Gasteiger partial charge < -0.3 is 9.68 Å². The van der Waals surface area contributed by atoms with E-state index in [1.54, 1.807) is 18.2 Å². The molecule has 3 N–H and O–H groups in total. The zero-order chi connectivity index (χ0) is 11.5. The van der Waals surface area contributed by atoms with Crippen molar-refractivity contribution >= 4 is 18.5 Å². The second-order valence-electron chi connectivity index (χ2n) is 3.56. The summed E-state index contributed by atoms with van der Waals surface area (Å²) in [5, 5.41) is 9.49. The second kappa shape index (κ2) is 4.65.